The van der Waals surface area contributed by atoms with Crippen LogP contribution in [-0.2, 0) is 6.61 Å². The number of benzene rings is 2. The molecule has 0 unspecified atom stereocenters. The van der Waals surface area contributed by atoms with E-state index in [1.54, 1.807) is 13.4 Å². The molecule has 4 heteroatoms. The van der Waals surface area contributed by atoms with Gasteiger partial charge in [-0.05, 0) is 47.0 Å². The Hall–Kier alpha value is -2.59. The zero-order valence-electron chi connectivity index (χ0n) is 11.7. The van der Waals surface area contributed by atoms with E-state index in [4.69, 9.17) is 4.74 Å². The summed E-state index contributed by atoms with van der Waals surface area (Å²) in [6.45, 7) is -0.00184. The van der Waals surface area contributed by atoms with Crippen molar-refractivity contribution in [2.75, 3.05) is 7.11 Å². The lowest BCUT2D eigenvalue weighted by Gasteiger charge is -2.04. The van der Waals surface area contributed by atoms with Gasteiger partial charge in [0.25, 0.3) is 0 Å². The van der Waals surface area contributed by atoms with Crippen molar-refractivity contribution >= 4 is 23.2 Å². The standard InChI is InChI=1S/C17H16N2O2/c1-21-15-7-13(6-14(8-15)10-20)3-2-12-4-5-16-17(9-12)19-11-18-16/h2-9,11,20H,10H2,1H3,(H,18,19)/b3-2-. The van der Waals surface area contributed by atoms with Gasteiger partial charge in [-0.15, -0.1) is 0 Å². The first kappa shape index (κ1) is 13.4. The van der Waals surface area contributed by atoms with Gasteiger partial charge in [-0.1, -0.05) is 18.2 Å². The highest BCUT2D eigenvalue weighted by molar-refractivity contribution is 5.80. The summed E-state index contributed by atoms with van der Waals surface area (Å²) in [5.74, 6) is 0.741. The summed E-state index contributed by atoms with van der Waals surface area (Å²) >= 11 is 0. The minimum absolute atomic E-state index is 0.00184. The van der Waals surface area contributed by atoms with Crippen molar-refractivity contribution in [2.24, 2.45) is 0 Å². The minimum atomic E-state index is -0.00184. The smallest absolute Gasteiger partial charge is 0.119 e. The van der Waals surface area contributed by atoms with Gasteiger partial charge in [0.15, 0.2) is 0 Å². The summed E-state index contributed by atoms with van der Waals surface area (Å²) < 4.78 is 5.24. The number of H-pyrrole nitrogens is 1. The molecule has 2 aromatic carbocycles. The fourth-order valence-corrected chi connectivity index (χ4v) is 2.24. The van der Waals surface area contributed by atoms with E-state index >= 15 is 0 Å². The zero-order chi connectivity index (χ0) is 14.7. The fourth-order valence-electron chi connectivity index (χ4n) is 2.24. The number of hydrogen-bond acceptors (Lipinski definition) is 3. The Balaban J connectivity index is 1.90. The maximum absolute atomic E-state index is 9.27. The number of hydrogen-bond donors (Lipinski definition) is 2. The van der Waals surface area contributed by atoms with Crippen molar-refractivity contribution in [1.29, 1.82) is 0 Å². The molecule has 0 aliphatic heterocycles. The molecule has 0 aliphatic rings. The van der Waals surface area contributed by atoms with Gasteiger partial charge < -0.3 is 14.8 Å². The Morgan fingerprint density at radius 3 is 2.81 bits per heavy atom. The second kappa shape index (κ2) is 5.81. The Kier molecular flexibility index (Phi) is 3.71. The quantitative estimate of drug-likeness (QED) is 0.721. The number of nitrogens with one attached hydrogen (secondary N) is 1. The number of aromatic nitrogens is 2. The zero-order valence-corrected chi connectivity index (χ0v) is 11.7. The number of aliphatic hydroxyl groups is 1. The van der Waals surface area contributed by atoms with E-state index in [-0.39, 0.29) is 6.61 Å². The summed E-state index contributed by atoms with van der Waals surface area (Å²) in [7, 11) is 1.62. The summed E-state index contributed by atoms with van der Waals surface area (Å²) in [6, 6.07) is 11.8. The van der Waals surface area contributed by atoms with Crippen molar-refractivity contribution in [1.82, 2.24) is 9.97 Å². The van der Waals surface area contributed by atoms with Gasteiger partial charge >= 0.3 is 0 Å². The molecule has 0 radical (unpaired) electrons. The number of ether oxygens (including phenoxy) is 1. The van der Waals surface area contributed by atoms with Crippen LogP contribution in [0, 0.1) is 0 Å². The summed E-state index contributed by atoms with van der Waals surface area (Å²) in [4.78, 5) is 7.30. The van der Waals surface area contributed by atoms with Crippen LogP contribution in [0.3, 0.4) is 0 Å². The molecule has 0 spiro atoms. The molecule has 1 heterocycles. The fraction of sp³-hybridized carbons (Fsp3) is 0.118. The lowest BCUT2D eigenvalue weighted by atomic mass is 10.1. The third-order valence-electron chi connectivity index (χ3n) is 3.32. The van der Waals surface area contributed by atoms with Crippen LogP contribution in [0.15, 0.2) is 42.7 Å². The number of aliphatic hydroxyl groups excluding tert-OH is 1. The van der Waals surface area contributed by atoms with Crippen LogP contribution in [0.2, 0.25) is 0 Å². The van der Waals surface area contributed by atoms with Crippen molar-refractivity contribution in [2.45, 2.75) is 6.61 Å². The second-order valence-electron chi connectivity index (χ2n) is 4.78. The van der Waals surface area contributed by atoms with E-state index in [0.717, 1.165) is 33.5 Å². The summed E-state index contributed by atoms with van der Waals surface area (Å²) in [5, 5.41) is 9.27. The normalized spacial score (nSPS) is 11.3. The van der Waals surface area contributed by atoms with E-state index in [1.807, 2.05) is 48.6 Å². The Bertz CT molecular complexity index is 768. The van der Waals surface area contributed by atoms with Gasteiger partial charge in [-0.2, -0.15) is 0 Å². The molecule has 0 saturated heterocycles. The third-order valence-corrected chi connectivity index (χ3v) is 3.32. The molecule has 106 valence electrons. The van der Waals surface area contributed by atoms with Crippen molar-refractivity contribution in [3.63, 3.8) is 0 Å². The molecule has 2 N–H and O–H groups in total. The summed E-state index contributed by atoms with van der Waals surface area (Å²) in [6.07, 6.45) is 5.71. The highest BCUT2D eigenvalue weighted by Gasteiger charge is 1.99. The first-order chi connectivity index (χ1) is 10.3. The molecule has 0 saturated carbocycles. The van der Waals surface area contributed by atoms with Gasteiger partial charge in [0, 0.05) is 0 Å². The molecule has 0 bridgehead atoms. The number of imidazole rings is 1. The molecular formula is C17H16N2O2. The van der Waals surface area contributed by atoms with Gasteiger partial charge in [0.05, 0.1) is 31.1 Å². The highest BCUT2D eigenvalue weighted by atomic mass is 16.5. The number of fused-ring (bicyclic) bond motifs is 1. The molecule has 0 atom stereocenters. The SMILES string of the molecule is COc1cc(/C=C\c2ccc3nc[nH]c3c2)cc(CO)c1. The lowest BCUT2D eigenvalue weighted by Crippen LogP contribution is -1.89. The van der Waals surface area contributed by atoms with Gasteiger partial charge in [0.1, 0.15) is 5.75 Å². The predicted octanol–water partition coefficient (Wildman–Crippen LogP) is 3.23. The largest absolute Gasteiger partial charge is 0.497 e. The van der Waals surface area contributed by atoms with E-state index in [0.29, 0.717) is 0 Å². The average molecular weight is 280 g/mol. The molecule has 1 aromatic heterocycles. The number of methoxy groups -OCH3 is 1. The maximum atomic E-state index is 9.27. The molecule has 0 amide bonds. The van der Waals surface area contributed by atoms with Crippen molar-refractivity contribution < 1.29 is 9.84 Å². The average Bonchev–Trinajstić information content (AvgIpc) is 3.00. The van der Waals surface area contributed by atoms with Crippen molar-refractivity contribution in [3.05, 3.63) is 59.4 Å². The molecule has 3 aromatic rings. The Morgan fingerprint density at radius 1 is 1.14 bits per heavy atom. The van der Waals surface area contributed by atoms with Crippen LogP contribution in [-0.4, -0.2) is 22.2 Å². The predicted molar refractivity (Wildman–Crippen MR) is 83.9 cm³/mol. The lowest BCUT2D eigenvalue weighted by molar-refractivity contribution is 0.281. The van der Waals surface area contributed by atoms with E-state index in [9.17, 15) is 5.11 Å². The molecule has 0 fully saturated rings. The van der Waals surface area contributed by atoms with Crippen LogP contribution in [0.1, 0.15) is 16.7 Å². The van der Waals surface area contributed by atoms with E-state index in [2.05, 4.69) is 9.97 Å². The van der Waals surface area contributed by atoms with Crippen LogP contribution >= 0.6 is 0 Å². The van der Waals surface area contributed by atoms with E-state index < -0.39 is 0 Å². The number of nitrogens with zero attached hydrogens (tertiary/aromatic N) is 1. The summed E-state index contributed by atoms with van der Waals surface area (Å²) in [5.41, 5.74) is 4.87. The van der Waals surface area contributed by atoms with E-state index in [1.165, 1.54) is 0 Å². The first-order valence-electron chi connectivity index (χ1n) is 6.68. The maximum Gasteiger partial charge on any atom is 0.119 e. The Labute approximate surface area is 122 Å². The molecule has 3 rings (SSSR count). The third kappa shape index (κ3) is 2.95. The monoisotopic (exact) mass is 280 g/mol. The minimum Gasteiger partial charge on any atom is -0.497 e. The van der Waals surface area contributed by atoms with Gasteiger partial charge in [0.2, 0.25) is 0 Å². The topological polar surface area (TPSA) is 58.1 Å². The first-order valence-corrected chi connectivity index (χ1v) is 6.68. The van der Waals surface area contributed by atoms with Crippen LogP contribution in [0.5, 0.6) is 5.75 Å². The van der Waals surface area contributed by atoms with Crippen LogP contribution < -0.4 is 4.74 Å². The van der Waals surface area contributed by atoms with Gasteiger partial charge in [-0.25, -0.2) is 4.98 Å². The van der Waals surface area contributed by atoms with Crippen LogP contribution in [0.4, 0.5) is 0 Å². The molecule has 0 aliphatic carbocycles. The van der Waals surface area contributed by atoms with Crippen molar-refractivity contribution in [3.8, 4) is 5.75 Å². The second-order valence-corrected chi connectivity index (χ2v) is 4.78. The van der Waals surface area contributed by atoms with Crippen LogP contribution in [0.25, 0.3) is 23.2 Å². The highest BCUT2D eigenvalue weighted by Crippen LogP contribution is 2.20. The molecule has 21 heavy (non-hydrogen) atoms. The number of rotatable bonds is 4. The number of aromatic amines is 1. The molecule has 4 nitrogen and oxygen atoms in total. The van der Waals surface area contributed by atoms with Gasteiger partial charge in [-0.3, -0.25) is 0 Å². The Morgan fingerprint density at radius 2 is 2.00 bits per heavy atom. The molecular weight excluding hydrogens is 264 g/mol.